The average Bonchev–Trinajstić information content (AvgIpc) is 3.16. The second-order valence-corrected chi connectivity index (χ2v) is 6.35. The third-order valence-corrected chi connectivity index (χ3v) is 4.48. The van der Waals surface area contributed by atoms with Gasteiger partial charge in [0, 0.05) is 17.9 Å². The van der Waals surface area contributed by atoms with Crippen LogP contribution in [0.1, 0.15) is 31.2 Å². The van der Waals surface area contributed by atoms with E-state index < -0.39 is 0 Å². The molecule has 4 heteroatoms. The van der Waals surface area contributed by atoms with Crippen molar-refractivity contribution >= 4 is 15.9 Å². The Kier molecular flexibility index (Phi) is 3.02. The number of hydrogen-bond acceptors (Lipinski definition) is 3. The Morgan fingerprint density at radius 2 is 2.06 bits per heavy atom. The van der Waals surface area contributed by atoms with Crippen molar-refractivity contribution < 1.29 is 14.6 Å². The van der Waals surface area contributed by atoms with E-state index in [0.717, 1.165) is 34.7 Å². The second-order valence-electron chi connectivity index (χ2n) is 5.49. The van der Waals surface area contributed by atoms with Crippen LogP contribution >= 0.6 is 15.9 Å². The Hall–Kier alpha value is -0.740. The van der Waals surface area contributed by atoms with Crippen LogP contribution in [0, 0.1) is 5.41 Å². The maximum Gasteiger partial charge on any atom is 0.175 e. The van der Waals surface area contributed by atoms with Crippen LogP contribution in [0.5, 0.6) is 11.5 Å². The number of rotatable bonds is 2. The lowest BCUT2D eigenvalue weighted by Crippen LogP contribution is -2.17. The van der Waals surface area contributed by atoms with Crippen LogP contribution in [-0.2, 0) is 0 Å². The van der Waals surface area contributed by atoms with Gasteiger partial charge in [-0.25, -0.2) is 0 Å². The molecule has 1 aromatic carbocycles. The van der Waals surface area contributed by atoms with Crippen molar-refractivity contribution in [3.63, 3.8) is 0 Å². The van der Waals surface area contributed by atoms with Gasteiger partial charge in [-0.15, -0.1) is 0 Å². The molecule has 1 aliphatic heterocycles. The third-order valence-electron chi connectivity index (χ3n) is 3.89. The van der Waals surface area contributed by atoms with Gasteiger partial charge >= 0.3 is 0 Å². The first-order chi connectivity index (χ1) is 8.63. The molecule has 98 valence electrons. The summed E-state index contributed by atoms with van der Waals surface area (Å²) in [5, 5.41) is 9.24. The maximum absolute atomic E-state index is 9.24. The zero-order valence-corrected chi connectivity index (χ0v) is 12.0. The van der Waals surface area contributed by atoms with E-state index >= 15 is 0 Å². The normalized spacial score (nSPS) is 21.5. The number of fused-ring (bicyclic) bond motifs is 1. The monoisotopic (exact) mass is 312 g/mol. The summed E-state index contributed by atoms with van der Waals surface area (Å²) >= 11 is 3.54. The van der Waals surface area contributed by atoms with E-state index in [0.29, 0.717) is 0 Å². The summed E-state index contributed by atoms with van der Waals surface area (Å²) in [6.07, 6.45) is 2.39. The fraction of sp³-hybridized carbons (Fsp3) is 0.571. The SMILES string of the molecule is CC(CO)c1cc(Br)c2c(c1)OCC1(CC1)CO2. The lowest BCUT2D eigenvalue weighted by molar-refractivity contribution is 0.196. The van der Waals surface area contributed by atoms with Gasteiger partial charge in [0.15, 0.2) is 11.5 Å². The quantitative estimate of drug-likeness (QED) is 0.912. The molecule has 1 spiro atoms. The summed E-state index contributed by atoms with van der Waals surface area (Å²) in [5.74, 6) is 1.70. The van der Waals surface area contributed by atoms with E-state index in [-0.39, 0.29) is 17.9 Å². The number of aliphatic hydroxyl groups excluding tert-OH is 1. The minimum Gasteiger partial charge on any atom is -0.489 e. The van der Waals surface area contributed by atoms with E-state index in [9.17, 15) is 5.11 Å². The van der Waals surface area contributed by atoms with Crippen LogP contribution in [0.15, 0.2) is 16.6 Å². The summed E-state index contributed by atoms with van der Waals surface area (Å²) in [5.41, 5.74) is 1.32. The molecule has 3 rings (SSSR count). The van der Waals surface area contributed by atoms with Crippen molar-refractivity contribution in [2.75, 3.05) is 19.8 Å². The third kappa shape index (κ3) is 2.12. The van der Waals surface area contributed by atoms with Crippen LogP contribution in [0.4, 0.5) is 0 Å². The number of ether oxygens (including phenoxy) is 2. The summed E-state index contributed by atoms with van der Waals surface area (Å²) < 4.78 is 12.7. The zero-order chi connectivity index (χ0) is 12.8. The number of benzene rings is 1. The van der Waals surface area contributed by atoms with Gasteiger partial charge in [0.05, 0.1) is 17.7 Å². The molecule has 18 heavy (non-hydrogen) atoms. The Morgan fingerprint density at radius 3 is 2.72 bits per heavy atom. The van der Waals surface area contributed by atoms with Crippen molar-refractivity contribution in [2.45, 2.75) is 25.7 Å². The fourth-order valence-corrected chi connectivity index (χ4v) is 2.76. The van der Waals surface area contributed by atoms with Crippen LogP contribution in [0.3, 0.4) is 0 Å². The van der Waals surface area contributed by atoms with Crippen LogP contribution < -0.4 is 9.47 Å². The molecule has 1 aromatic rings. The summed E-state index contributed by atoms with van der Waals surface area (Å²) in [7, 11) is 0. The summed E-state index contributed by atoms with van der Waals surface area (Å²) in [6.45, 7) is 3.61. The first-order valence-corrected chi connectivity index (χ1v) is 7.13. The van der Waals surface area contributed by atoms with E-state index in [1.54, 1.807) is 0 Å². The van der Waals surface area contributed by atoms with Crippen molar-refractivity contribution in [1.29, 1.82) is 0 Å². The van der Waals surface area contributed by atoms with E-state index in [4.69, 9.17) is 9.47 Å². The second kappa shape index (κ2) is 4.42. The molecule has 1 unspecified atom stereocenters. The number of hydrogen-bond donors (Lipinski definition) is 1. The standard InChI is InChI=1S/C14H17BrO3/c1-9(6-16)10-4-11(15)13-12(5-10)17-7-14(2-3-14)8-18-13/h4-5,9,16H,2-3,6-8H2,1H3. The van der Waals surface area contributed by atoms with E-state index in [1.165, 1.54) is 12.8 Å². The molecule has 2 aliphatic rings. The van der Waals surface area contributed by atoms with E-state index in [1.807, 2.05) is 19.1 Å². The van der Waals surface area contributed by atoms with Crippen molar-refractivity contribution in [1.82, 2.24) is 0 Å². The Labute approximate surface area is 115 Å². The van der Waals surface area contributed by atoms with Gasteiger partial charge in [0.25, 0.3) is 0 Å². The number of halogens is 1. The molecule has 0 radical (unpaired) electrons. The fourth-order valence-electron chi connectivity index (χ4n) is 2.19. The van der Waals surface area contributed by atoms with Crippen LogP contribution in [-0.4, -0.2) is 24.9 Å². The molecule has 3 nitrogen and oxygen atoms in total. The molecule has 1 fully saturated rings. The first kappa shape index (κ1) is 12.3. The summed E-state index contributed by atoms with van der Waals surface area (Å²) in [6, 6.07) is 4.00. The lowest BCUT2D eigenvalue weighted by atomic mass is 10.0. The topological polar surface area (TPSA) is 38.7 Å². The average molecular weight is 313 g/mol. The molecule has 1 N–H and O–H groups in total. The van der Waals surface area contributed by atoms with Crippen molar-refractivity contribution in [3.05, 3.63) is 22.2 Å². The van der Waals surface area contributed by atoms with Gasteiger partial charge in [-0.2, -0.15) is 0 Å². The zero-order valence-electron chi connectivity index (χ0n) is 10.4. The molecular formula is C14H17BrO3. The first-order valence-electron chi connectivity index (χ1n) is 6.33. The van der Waals surface area contributed by atoms with Gasteiger partial charge in [-0.1, -0.05) is 6.92 Å². The Bertz CT molecular complexity index is 468. The molecule has 1 saturated carbocycles. The minimum atomic E-state index is 0.105. The highest BCUT2D eigenvalue weighted by Crippen LogP contribution is 2.50. The smallest absolute Gasteiger partial charge is 0.175 e. The van der Waals surface area contributed by atoms with Crippen molar-refractivity contribution in [2.24, 2.45) is 5.41 Å². The minimum absolute atomic E-state index is 0.105. The van der Waals surface area contributed by atoms with Gasteiger partial charge in [-0.3, -0.25) is 0 Å². The van der Waals surface area contributed by atoms with Gasteiger partial charge < -0.3 is 14.6 Å². The number of aliphatic hydroxyl groups is 1. The largest absolute Gasteiger partial charge is 0.489 e. The Balaban J connectivity index is 1.94. The van der Waals surface area contributed by atoms with Gasteiger partial charge in [-0.05, 0) is 46.5 Å². The molecule has 0 aromatic heterocycles. The predicted molar refractivity (Wildman–Crippen MR) is 72.3 cm³/mol. The molecule has 0 bridgehead atoms. The predicted octanol–water partition coefficient (Wildman–Crippen LogP) is 3.10. The molecule has 1 atom stereocenters. The van der Waals surface area contributed by atoms with Crippen LogP contribution in [0.25, 0.3) is 0 Å². The van der Waals surface area contributed by atoms with Gasteiger partial charge in [0.1, 0.15) is 0 Å². The van der Waals surface area contributed by atoms with Gasteiger partial charge in [0.2, 0.25) is 0 Å². The highest BCUT2D eigenvalue weighted by Gasteiger charge is 2.46. The molecule has 0 amide bonds. The van der Waals surface area contributed by atoms with Crippen molar-refractivity contribution in [3.8, 4) is 11.5 Å². The Morgan fingerprint density at radius 1 is 1.33 bits per heavy atom. The lowest BCUT2D eigenvalue weighted by Gasteiger charge is -2.14. The maximum atomic E-state index is 9.24. The highest BCUT2D eigenvalue weighted by atomic mass is 79.9. The molecular weight excluding hydrogens is 296 g/mol. The molecule has 1 aliphatic carbocycles. The molecule has 1 heterocycles. The highest BCUT2D eigenvalue weighted by molar-refractivity contribution is 9.10. The summed E-state index contributed by atoms with van der Waals surface area (Å²) in [4.78, 5) is 0. The molecule has 0 saturated heterocycles. The van der Waals surface area contributed by atoms with Crippen LogP contribution in [0.2, 0.25) is 0 Å². The van der Waals surface area contributed by atoms with E-state index in [2.05, 4.69) is 15.9 Å².